The van der Waals surface area contributed by atoms with Gasteiger partial charge in [0.05, 0.1) is 23.4 Å². The van der Waals surface area contributed by atoms with E-state index >= 15 is 0 Å². The first kappa shape index (κ1) is 23.3. The molecule has 1 aliphatic rings. The van der Waals surface area contributed by atoms with Crippen LogP contribution in [0.3, 0.4) is 0 Å². The molecule has 0 saturated carbocycles. The van der Waals surface area contributed by atoms with Crippen LogP contribution in [-0.4, -0.2) is 12.1 Å². The van der Waals surface area contributed by atoms with Crippen molar-refractivity contribution in [2.45, 2.75) is 38.1 Å². The van der Waals surface area contributed by atoms with Gasteiger partial charge in [-0.25, -0.2) is 9.71 Å². The van der Waals surface area contributed by atoms with Crippen LogP contribution in [0.2, 0.25) is 0 Å². The van der Waals surface area contributed by atoms with Gasteiger partial charge in [-0.1, -0.05) is 63.8 Å². The van der Waals surface area contributed by atoms with Gasteiger partial charge in [0, 0.05) is 4.90 Å². The molecule has 0 aliphatic heterocycles. The molecule has 162 valence electrons. The number of ether oxygens (including phenoxy) is 1. The standard InChI is InChI=1S/C24H24N2OS2.C2H6/c1-16-9-10-18(13-17(16)2)14-22(26-29-20-7-5-4-6-8-20)24-25-21-12-11-19(27-3)15-23(21)28-24;1-2/h4-13,15-16,22,26H,2,14H2,1,3H3;1-2H3. The quantitative estimate of drug-likeness (QED) is 0.373. The Labute approximate surface area is 194 Å². The van der Waals surface area contributed by atoms with E-state index in [2.05, 4.69) is 66.8 Å². The Balaban J connectivity index is 0.00000132. The molecule has 0 saturated heterocycles. The zero-order valence-electron chi connectivity index (χ0n) is 18.6. The normalized spacial score (nSPS) is 16.5. The van der Waals surface area contributed by atoms with Crippen molar-refractivity contribution in [1.82, 2.24) is 9.71 Å². The summed E-state index contributed by atoms with van der Waals surface area (Å²) in [6.45, 7) is 10.4. The van der Waals surface area contributed by atoms with Crippen molar-refractivity contribution in [3.8, 4) is 5.75 Å². The Bertz CT molecular complexity index is 1070. The molecule has 1 N–H and O–H groups in total. The van der Waals surface area contributed by atoms with Gasteiger partial charge in [0.1, 0.15) is 10.8 Å². The third-order valence-corrected chi connectivity index (χ3v) is 7.01. The van der Waals surface area contributed by atoms with E-state index in [9.17, 15) is 0 Å². The Morgan fingerprint density at radius 2 is 1.97 bits per heavy atom. The molecule has 2 atom stereocenters. The second-order valence-electron chi connectivity index (χ2n) is 7.12. The Hall–Kier alpha value is -2.34. The van der Waals surface area contributed by atoms with E-state index in [1.54, 1.807) is 30.4 Å². The molecule has 2 aromatic carbocycles. The fourth-order valence-corrected chi connectivity index (χ4v) is 5.07. The second-order valence-corrected chi connectivity index (χ2v) is 9.09. The van der Waals surface area contributed by atoms with Crippen molar-refractivity contribution in [3.63, 3.8) is 0 Å². The summed E-state index contributed by atoms with van der Waals surface area (Å²) in [7, 11) is 1.69. The molecule has 0 amide bonds. The Morgan fingerprint density at radius 1 is 1.19 bits per heavy atom. The summed E-state index contributed by atoms with van der Waals surface area (Å²) in [6, 6.07) is 16.5. The molecule has 2 unspecified atom stereocenters. The van der Waals surface area contributed by atoms with Crippen molar-refractivity contribution in [2.75, 3.05) is 7.11 Å². The molecule has 31 heavy (non-hydrogen) atoms. The summed E-state index contributed by atoms with van der Waals surface area (Å²) in [5.41, 5.74) is 3.44. The van der Waals surface area contributed by atoms with Crippen molar-refractivity contribution < 1.29 is 4.74 Å². The van der Waals surface area contributed by atoms with E-state index in [1.165, 1.54) is 10.5 Å². The molecule has 0 radical (unpaired) electrons. The predicted octanol–water partition coefficient (Wildman–Crippen LogP) is 7.75. The number of hydrogen-bond donors (Lipinski definition) is 1. The van der Waals surface area contributed by atoms with Crippen LogP contribution in [0.4, 0.5) is 0 Å². The van der Waals surface area contributed by atoms with E-state index in [1.807, 2.05) is 32.0 Å². The first-order valence-corrected chi connectivity index (χ1v) is 12.2. The average molecular weight is 451 g/mol. The van der Waals surface area contributed by atoms with Gasteiger partial charge >= 0.3 is 0 Å². The number of nitrogens with zero attached hydrogens (tertiary/aromatic N) is 1. The van der Waals surface area contributed by atoms with Gasteiger partial charge in [-0.2, -0.15) is 0 Å². The van der Waals surface area contributed by atoms with Gasteiger partial charge in [0.2, 0.25) is 0 Å². The molecule has 0 fully saturated rings. The molecular formula is C26H30N2OS2. The van der Waals surface area contributed by atoms with Gasteiger partial charge in [0.15, 0.2) is 0 Å². The third-order valence-electron chi connectivity index (χ3n) is 4.97. The SMILES string of the molecule is C=C1C=C(CC(NSc2ccccc2)c2nc3ccc(OC)cc3s2)C=CC1C.CC. The number of thiazole rings is 1. The molecule has 0 bridgehead atoms. The van der Waals surface area contributed by atoms with Crippen LogP contribution < -0.4 is 9.46 Å². The predicted molar refractivity (Wildman–Crippen MR) is 136 cm³/mol. The molecule has 1 aromatic heterocycles. The molecule has 4 rings (SSSR count). The highest BCUT2D eigenvalue weighted by Gasteiger charge is 2.20. The summed E-state index contributed by atoms with van der Waals surface area (Å²) < 4.78 is 10.2. The number of hydrogen-bond acceptors (Lipinski definition) is 5. The maximum atomic E-state index is 5.37. The summed E-state index contributed by atoms with van der Waals surface area (Å²) in [6.07, 6.45) is 7.52. The largest absolute Gasteiger partial charge is 0.497 e. The number of fused-ring (bicyclic) bond motifs is 1. The smallest absolute Gasteiger partial charge is 0.120 e. The maximum absolute atomic E-state index is 5.37. The topological polar surface area (TPSA) is 34.2 Å². The van der Waals surface area contributed by atoms with Crippen molar-refractivity contribution in [3.05, 3.63) is 89.5 Å². The first-order valence-electron chi connectivity index (χ1n) is 10.6. The second kappa shape index (κ2) is 11.3. The van der Waals surface area contributed by atoms with E-state index in [-0.39, 0.29) is 6.04 Å². The van der Waals surface area contributed by atoms with Gasteiger partial charge in [0.25, 0.3) is 0 Å². The lowest BCUT2D eigenvalue weighted by Gasteiger charge is -2.20. The number of benzene rings is 2. The first-order chi connectivity index (χ1) is 15.1. The summed E-state index contributed by atoms with van der Waals surface area (Å²) >= 11 is 3.37. The maximum Gasteiger partial charge on any atom is 0.120 e. The van der Waals surface area contributed by atoms with Crippen LogP contribution in [0, 0.1) is 5.92 Å². The molecule has 1 heterocycles. The van der Waals surface area contributed by atoms with Crippen LogP contribution in [0.25, 0.3) is 10.2 Å². The average Bonchev–Trinajstić information content (AvgIpc) is 3.24. The van der Waals surface area contributed by atoms with Gasteiger partial charge < -0.3 is 4.74 Å². The van der Waals surface area contributed by atoms with Crippen molar-refractivity contribution in [2.24, 2.45) is 5.92 Å². The van der Waals surface area contributed by atoms with Crippen LogP contribution in [0.1, 0.15) is 38.2 Å². The molecule has 0 spiro atoms. The highest BCUT2D eigenvalue weighted by atomic mass is 32.2. The molecule has 3 aromatic rings. The number of methoxy groups -OCH3 is 1. The number of aromatic nitrogens is 1. The minimum atomic E-state index is 0.0979. The van der Waals surface area contributed by atoms with Gasteiger partial charge in [-0.15, -0.1) is 11.3 Å². The van der Waals surface area contributed by atoms with E-state index in [0.717, 1.165) is 33.0 Å². The highest BCUT2D eigenvalue weighted by molar-refractivity contribution is 7.97. The zero-order chi connectivity index (χ0) is 22.2. The zero-order valence-corrected chi connectivity index (χ0v) is 20.2. The molecule has 5 heteroatoms. The van der Waals surface area contributed by atoms with Crippen molar-refractivity contribution in [1.29, 1.82) is 0 Å². The van der Waals surface area contributed by atoms with Crippen LogP contribution in [-0.2, 0) is 0 Å². The summed E-state index contributed by atoms with van der Waals surface area (Å²) in [4.78, 5) is 6.10. The monoisotopic (exact) mass is 450 g/mol. The lowest BCUT2D eigenvalue weighted by molar-refractivity contribution is 0.415. The highest BCUT2D eigenvalue weighted by Crippen LogP contribution is 2.35. The van der Waals surface area contributed by atoms with Crippen LogP contribution >= 0.6 is 23.3 Å². The summed E-state index contributed by atoms with van der Waals surface area (Å²) in [5.74, 6) is 1.26. The molecule has 3 nitrogen and oxygen atoms in total. The third kappa shape index (κ3) is 6.10. The van der Waals surface area contributed by atoms with E-state index in [0.29, 0.717) is 5.92 Å². The molecule has 1 aliphatic carbocycles. The van der Waals surface area contributed by atoms with Crippen LogP contribution in [0.15, 0.2) is 89.4 Å². The Morgan fingerprint density at radius 3 is 2.68 bits per heavy atom. The van der Waals surface area contributed by atoms with Gasteiger partial charge in [-0.05, 0) is 65.8 Å². The number of rotatable bonds is 7. The number of nitrogens with one attached hydrogen (secondary N) is 1. The van der Waals surface area contributed by atoms with Crippen LogP contribution in [0.5, 0.6) is 5.75 Å². The minimum Gasteiger partial charge on any atom is -0.497 e. The lowest BCUT2D eigenvalue weighted by Crippen LogP contribution is -2.15. The minimum absolute atomic E-state index is 0.0979. The molecular weight excluding hydrogens is 420 g/mol. The van der Waals surface area contributed by atoms with Crippen molar-refractivity contribution >= 4 is 33.5 Å². The Kier molecular flexibility index (Phi) is 8.52. The van der Waals surface area contributed by atoms with Gasteiger partial charge in [-0.3, -0.25) is 0 Å². The lowest BCUT2D eigenvalue weighted by atomic mass is 9.91. The fourth-order valence-electron chi connectivity index (χ4n) is 3.18. The fraction of sp³-hybridized carbons (Fsp3) is 0.269. The number of allylic oxidation sites excluding steroid dienone is 4. The van der Waals surface area contributed by atoms with E-state index in [4.69, 9.17) is 9.72 Å². The van der Waals surface area contributed by atoms with E-state index < -0.39 is 0 Å². The summed E-state index contributed by atoms with van der Waals surface area (Å²) in [5, 5.41) is 1.08.